The quantitative estimate of drug-likeness (QED) is 0.573. The fourth-order valence-electron chi connectivity index (χ4n) is 2.95. The standard InChI is InChI=1S/C22H19NO4/c24-20-12-11-17(22(26)27)13-19(20)23-21(25)14-18(15-7-3-1-4-8-15)16-9-5-2-6-10-16/h1-13,18,24H,14H2,(H,23,25)(H,26,27). The van der Waals surface area contributed by atoms with Gasteiger partial charge < -0.3 is 15.5 Å². The Morgan fingerprint density at radius 2 is 1.41 bits per heavy atom. The molecule has 3 N–H and O–H groups in total. The summed E-state index contributed by atoms with van der Waals surface area (Å²) in [6.07, 6.45) is 0.158. The predicted octanol–water partition coefficient (Wildman–Crippen LogP) is 4.25. The Kier molecular flexibility index (Phi) is 5.52. The van der Waals surface area contributed by atoms with Crippen molar-refractivity contribution < 1.29 is 19.8 Å². The number of aromatic hydroxyl groups is 1. The van der Waals surface area contributed by atoms with Gasteiger partial charge in [0.2, 0.25) is 5.91 Å². The van der Waals surface area contributed by atoms with Crippen LogP contribution in [0.15, 0.2) is 78.9 Å². The topological polar surface area (TPSA) is 86.6 Å². The van der Waals surface area contributed by atoms with Crippen molar-refractivity contribution in [3.8, 4) is 5.75 Å². The largest absolute Gasteiger partial charge is 0.506 e. The van der Waals surface area contributed by atoms with Crippen LogP contribution in [-0.2, 0) is 4.79 Å². The summed E-state index contributed by atoms with van der Waals surface area (Å²) in [5, 5.41) is 21.6. The van der Waals surface area contributed by atoms with Gasteiger partial charge in [-0.1, -0.05) is 60.7 Å². The zero-order valence-corrected chi connectivity index (χ0v) is 14.5. The Morgan fingerprint density at radius 1 is 0.852 bits per heavy atom. The average Bonchev–Trinajstić information content (AvgIpc) is 2.69. The summed E-state index contributed by atoms with van der Waals surface area (Å²) in [6, 6.07) is 23.2. The fraction of sp³-hybridized carbons (Fsp3) is 0.0909. The van der Waals surface area contributed by atoms with Crippen LogP contribution < -0.4 is 5.32 Å². The van der Waals surface area contributed by atoms with Crippen molar-refractivity contribution in [3.63, 3.8) is 0 Å². The van der Waals surface area contributed by atoms with E-state index in [0.717, 1.165) is 11.1 Å². The molecule has 3 rings (SSSR count). The number of benzene rings is 3. The van der Waals surface area contributed by atoms with E-state index in [9.17, 15) is 14.7 Å². The van der Waals surface area contributed by atoms with E-state index in [2.05, 4.69) is 5.32 Å². The molecule has 1 amide bonds. The Hall–Kier alpha value is -3.60. The number of phenols is 1. The van der Waals surface area contributed by atoms with Crippen molar-refractivity contribution in [2.45, 2.75) is 12.3 Å². The van der Waals surface area contributed by atoms with E-state index in [1.807, 2.05) is 60.7 Å². The molecule has 0 aliphatic heterocycles. The second-order valence-electron chi connectivity index (χ2n) is 6.16. The van der Waals surface area contributed by atoms with Gasteiger partial charge in [-0.2, -0.15) is 0 Å². The number of anilines is 1. The molecule has 0 atom stereocenters. The van der Waals surface area contributed by atoms with E-state index in [-0.39, 0.29) is 35.2 Å². The first kappa shape index (κ1) is 18.2. The molecule has 5 nitrogen and oxygen atoms in total. The lowest BCUT2D eigenvalue weighted by atomic mass is 9.88. The zero-order chi connectivity index (χ0) is 19.2. The summed E-state index contributed by atoms with van der Waals surface area (Å²) >= 11 is 0. The first-order chi connectivity index (χ1) is 13.0. The molecule has 0 aliphatic carbocycles. The summed E-state index contributed by atoms with van der Waals surface area (Å²) in [7, 11) is 0. The van der Waals surface area contributed by atoms with Crippen LogP contribution >= 0.6 is 0 Å². The maximum atomic E-state index is 12.6. The van der Waals surface area contributed by atoms with E-state index in [1.54, 1.807) is 0 Å². The van der Waals surface area contributed by atoms with E-state index >= 15 is 0 Å². The van der Waals surface area contributed by atoms with Gasteiger partial charge in [0.05, 0.1) is 11.3 Å². The SMILES string of the molecule is O=C(CC(c1ccccc1)c1ccccc1)Nc1cc(C(=O)O)ccc1O. The second kappa shape index (κ2) is 8.19. The van der Waals surface area contributed by atoms with Gasteiger partial charge in [0.15, 0.2) is 0 Å². The number of hydrogen-bond acceptors (Lipinski definition) is 3. The van der Waals surface area contributed by atoms with Crippen molar-refractivity contribution in [2.24, 2.45) is 0 Å². The Morgan fingerprint density at radius 3 is 1.93 bits per heavy atom. The molecule has 0 bridgehead atoms. The van der Waals surface area contributed by atoms with E-state index in [1.165, 1.54) is 18.2 Å². The number of carbonyl (C=O) groups is 2. The van der Waals surface area contributed by atoms with Crippen LogP contribution in [0, 0.1) is 0 Å². The molecular formula is C22H19NO4. The minimum absolute atomic E-state index is 0.00855. The lowest BCUT2D eigenvalue weighted by molar-refractivity contribution is -0.116. The number of phenolic OH excluding ortho intramolecular Hbond substituents is 1. The third kappa shape index (κ3) is 4.52. The van der Waals surface area contributed by atoms with Crippen LogP contribution in [0.1, 0.15) is 33.8 Å². The lowest BCUT2D eigenvalue weighted by Crippen LogP contribution is -2.17. The number of carbonyl (C=O) groups excluding carboxylic acids is 1. The number of aromatic carboxylic acids is 1. The molecule has 0 saturated heterocycles. The van der Waals surface area contributed by atoms with Gasteiger partial charge in [-0.25, -0.2) is 4.79 Å². The van der Waals surface area contributed by atoms with Crippen molar-refractivity contribution in [2.75, 3.05) is 5.32 Å². The van der Waals surface area contributed by atoms with Crippen LogP contribution in [-0.4, -0.2) is 22.1 Å². The lowest BCUT2D eigenvalue weighted by Gasteiger charge is -2.18. The van der Waals surface area contributed by atoms with Gasteiger partial charge in [0.25, 0.3) is 0 Å². The molecular weight excluding hydrogens is 342 g/mol. The molecule has 136 valence electrons. The number of carboxylic acids is 1. The van der Waals surface area contributed by atoms with Gasteiger partial charge in [-0.05, 0) is 29.3 Å². The summed E-state index contributed by atoms with van der Waals surface area (Å²) in [6.45, 7) is 0. The number of carboxylic acid groups (broad SMARTS) is 1. The van der Waals surface area contributed by atoms with Crippen LogP contribution in [0.3, 0.4) is 0 Å². The molecule has 3 aromatic rings. The third-order valence-corrected chi connectivity index (χ3v) is 4.31. The van der Waals surface area contributed by atoms with Crippen LogP contribution in [0.2, 0.25) is 0 Å². The molecule has 0 heterocycles. The number of amides is 1. The molecule has 0 radical (unpaired) electrons. The molecule has 0 spiro atoms. The summed E-state index contributed by atoms with van der Waals surface area (Å²) in [5.41, 5.74) is 2.08. The monoisotopic (exact) mass is 361 g/mol. The summed E-state index contributed by atoms with van der Waals surface area (Å²) in [4.78, 5) is 23.7. The number of rotatable bonds is 6. The van der Waals surface area contributed by atoms with Gasteiger partial charge in [0.1, 0.15) is 5.75 Å². The van der Waals surface area contributed by atoms with Gasteiger partial charge >= 0.3 is 5.97 Å². The van der Waals surface area contributed by atoms with Crippen molar-refractivity contribution >= 4 is 17.6 Å². The second-order valence-corrected chi connectivity index (χ2v) is 6.16. The Labute approximate surface area is 156 Å². The highest BCUT2D eigenvalue weighted by molar-refractivity contribution is 5.96. The van der Waals surface area contributed by atoms with Crippen molar-refractivity contribution in [1.82, 2.24) is 0 Å². The van der Waals surface area contributed by atoms with Gasteiger partial charge in [-0.3, -0.25) is 4.79 Å². The first-order valence-corrected chi connectivity index (χ1v) is 8.50. The minimum atomic E-state index is -1.13. The van der Waals surface area contributed by atoms with Gasteiger partial charge in [0, 0.05) is 12.3 Å². The molecule has 27 heavy (non-hydrogen) atoms. The zero-order valence-electron chi connectivity index (χ0n) is 14.5. The first-order valence-electron chi connectivity index (χ1n) is 8.50. The van der Waals surface area contributed by atoms with Crippen LogP contribution in [0.5, 0.6) is 5.75 Å². The van der Waals surface area contributed by atoms with Crippen molar-refractivity contribution in [1.29, 1.82) is 0 Å². The molecule has 5 heteroatoms. The molecule has 3 aromatic carbocycles. The van der Waals surface area contributed by atoms with E-state index < -0.39 is 5.97 Å². The summed E-state index contributed by atoms with van der Waals surface area (Å²) in [5.74, 6) is -1.77. The van der Waals surface area contributed by atoms with Crippen LogP contribution in [0.4, 0.5) is 5.69 Å². The van der Waals surface area contributed by atoms with Crippen molar-refractivity contribution in [3.05, 3.63) is 95.6 Å². The van der Waals surface area contributed by atoms with Crippen LogP contribution in [0.25, 0.3) is 0 Å². The molecule has 0 aliphatic rings. The normalized spacial score (nSPS) is 10.6. The maximum absolute atomic E-state index is 12.6. The summed E-state index contributed by atoms with van der Waals surface area (Å²) < 4.78 is 0. The third-order valence-electron chi connectivity index (χ3n) is 4.31. The molecule has 0 saturated carbocycles. The highest BCUT2D eigenvalue weighted by atomic mass is 16.4. The number of nitrogens with one attached hydrogen (secondary N) is 1. The number of hydrogen-bond donors (Lipinski definition) is 3. The Bertz CT molecular complexity index is 900. The minimum Gasteiger partial charge on any atom is -0.506 e. The molecule has 0 aromatic heterocycles. The Balaban J connectivity index is 1.84. The smallest absolute Gasteiger partial charge is 0.335 e. The predicted molar refractivity (Wildman–Crippen MR) is 103 cm³/mol. The highest BCUT2D eigenvalue weighted by Crippen LogP contribution is 2.30. The molecule has 0 unspecified atom stereocenters. The van der Waals surface area contributed by atoms with Gasteiger partial charge in [-0.15, -0.1) is 0 Å². The highest BCUT2D eigenvalue weighted by Gasteiger charge is 2.19. The van der Waals surface area contributed by atoms with E-state index in [0.29, 0.717) is 0 Å². The van der Waals surface area contributed by atoms with E-state index in [4.69, 9.17) is 5.11 Å². The fourth-order valence-corrected chi connectivity index (χ4v) is 2.95. The maximum Gasteiger partial charge on any atom is 0.335 e. The average molecular weight is 361 g/mol. The molecule has 0 fully saturated rings.